The van der Waals surface area contributed by atoms with Gasteiger partial charge in [-0.15, -0.1) is 0 Å². The van der Waals surface area contributed by atoms with Crippen LogP contribution in [0.2, 0.25) is 0 Å². The molecule has 0 amide bonds. The lowest BCUT2D eigenvalue weighted by atomic mass is 10.2. The minimum absolute atomic E-state index is 0.179. The zero-order valence-electron chi connectivity index (χ0n) is 9.06. The van der Waals surface area contributed by atoms with Crippen molar-refractivity contribution < 1.29 is 13.2 Å². The number of sulfone groups is 1. The number of hydrogen-bond acceptors (Lipinski definition) is 3. The summed E-state index contributed by atoms with van der Waals surface area (Å²) in [5.41, 5.74) is 1.18. The third kappa shape index (κ3) is 5.42. The predicted molar refractivity (Wildman–Crippen MR) is 61.0 cm³/mol. The van der Waals surface area contributed by atoms with Gasteiger partial charge in [-0.05, 0) is 25.5 Å². The summed E-state index contributed by atoms with van der Waals surface area (Å²) >= 11 is 0. The van der Waals surface area contributed by atoms with Gasteiger partial charge < -0.3 is 4.74 Å². The molecule has 0 N–H and O–H groups in total. The molecular weight excluding hydrogens is 212 g/mol. The molecule has 0 spiro atoms. The average Bonchev–Trinajstić information content (AvgIpc) is 2.14. The predicted octanol–water partition coefficient (Wildman–Crippen LogP) is 1.81. The maximum Gasteiger partial charge on any atom is 0.147 e. The van der Waals surface area contributed by atoms with Crippen molar-refractivity contribution in [3.05, 3.63) is 29.8 Å². The summed E-state index contributed by atoms with van der Waals surface area (Å²) in [7, 11) is -2.87. The topological polar surface area (TPSA) is 43.4 Å². The van der Waals surface area contributed by atoms with Gasteiger partial charge in [-0.3, -0.25) is 0 Å². The van der Waals surface area contributed by atoms with Gasteiger partial charge in [-0.1, -0.05) is 17.7 Å². The Balaban J connectivity index is 2.29. The Kier molecular flexibility index (Phi) is 4.15. The standard InChI is InChI=1S/C11H16O3S/c1-10-4-6-11(7-5-10)14-8-3-9-15(2,12)13/h4-7H,3,8-9H2,1-2H3. The molecular formula is C11H16O3S. The highest BCUT2D eigenvalue weighted by Gasteiger charge is 2.01. The largest absolute Gasteiger partial charge is 0.494 e. The van der Waals surface area contributed by atoms with Crippen molar-refractivity contribution >= 4 is 9.84 Å². The second-order valence-electron chi connectivity index (χ2n) is 3.64. The smallest absolute Gasteiger partial charge is 0.147 e. The molecule has 4 heteroatoms. The van der Waals surface area contributed by atoms with E-state index < -0.39 is 9.84 Å². The van der Waals surface area contributed by atoms with Gasteiger partial charge in [0, 0.05) is 6.26 Å². The second kappa shape index (κ2) is 5.16. The van der Waals surface area contributed by atoms with Gasteiger partial charge in [-0.25, -0.2) is 8.42 Å². The molecule has 0 radical (unpaired) electrons. The van der Waals surface area contributed by atoms with E-state index in [0.717, 1.165) is 5.75 Å². The van der Waals surface area contributed by atoms with Crippen LogP contribution in [0.3, 0.4) is 0 Å². The lowest BCUT2D eigenvalue weighted by Crippen LogP contribution is -2.07. The number of aryl methyl sites for hydroxylation is 1. The zero-order chi connectivity index (χ0) is 11.3. The van der Waals surface area contributed by atoms with E-state index in [9.17, 15) is 8.42 Å². The number of benzene rings is 1. The average molecular weight is 228 g/mol. The molecule has 0 fully saturated rings. The molecule has 15 heavy (non-hydrogen) atoms. The molecule has 0 saturated carbocycles. The molecule has 1 rings (SSSR count). The van der Waals surface area contributed by atoms with E-state index in [0.29, 0.717) is 13.0 Å². The molecule has 0 aromatic heterocycles. The van der Waals surface area contributed by atoms with Crippen molar-refractivity contribution in [1.82, 2.24) is 0 Å². The van der Waals surface area contributed by atoms with E-state index in [1.807, 2.05) is 31.2 Å². The van der Waals surface area contributed by atoms with E-state index in [-0.39, 0.29) is 5.75 Å². The Bertz CT molecular complexity index is 392. The third-order valence-electron chi connectivity index (χ3n) is 1.95. The number of hydrogen-bond donors (Lipinski definition) is 0. The van der Waals surface area contributed by atoms with Crippen LogP contribution in [0.5, 0.6) is 5.75 Å². The zero-order valence-corrected chi connectivity index (χ0v) is 9.88. The summed E-state index contributed by atoms with van der Waals surface area (Å²) in [6.45, 7) is 2.45. The van der Waals surface area contributed by atoms with E-state index in [4.69, 9.17) is 4.74 Å². The van der Waals surface area contributed by atoms with Crippen LogP contribution in [0, 0.1) is 6.92 Å². The minimum atomic E-state index is -2.87. The second-order valence-corrected chi connectivity index (χ2v) is 5.90. The van der Waals surface area contributed by atoms with Gasteiger partial charge in [0.25, 0.3) is 0 Å². The molecule has 1 aromatic rings. The van der Waals surface area contributed by atoms with Crippen LogP contribution in [-0.2, 0) is 9.84 Å². The van der Waals surface area contributed by atoms with Crippen molar-refractivity contribution in [1.29, 1.82) is 0 Å². The van der Waals surface area contributed by atoms with Crippen LogP contribution in [0.4, 0.5) is 0 Å². The highest BCUT2D eigenvalue weighted by atomic mass is 32.2. The summed E-state index contributed by atoms with van der Waals surface area (Å²) in [4.78, 5) is 0. The lowest BCUT2D eigenvalue weighted by molar-refractivity contribution is 0.317. The number of rotatable bonds is 5. The summed E-state index contributed by atoms with van der Waals surface area (Å²) in [5, 5.41) is 0. The van der Waals surface area contributed by atoms with Gasteiger partial charge in [0.1, 0.15) is 15.6 Å². The van der Waals surface area contributed by atoms with Crippen LogP contribution in [0.15, 0.2) is 24.3 Å². The van der Waals surface area contributed by atoms with E-state index in [1.54, 1.807) is 0 Å². The monoisotopic (exact) mass is 228 g/mol. The molecule has 0 aliphatic carbocycles. The highest BCUT2D eigenvalue weighted by molar-refractivity contribution is 7.90. The first-order valence-electron chi connectivity index (χ1n) is 4.84. The van der Waals surface area contributed by atoms with E-state index >= 15 is 0 Å². The van der Waals surface area contributed by atoms with Gasteiger partial charge in [0.2, 0.25) is 0 Å². The van der Waals surface area contributed by atoms with Crippen LogP contribution in [0.1, 0.15) is 12.0 Å². The fourth-order valence-electron chi connectivity index (χ4n) is 1.15. The molecule has 0 heterocycles. The quantitative estimate of drug-likeness (QED) is 0.722. The van der Waals surface area contributed by atoms with Crippen LogP contribution in [0.25, 0.3) is 0 Å². The molecule has 0 aliphatic heterocycles. The summed E-state index contributed by atoms with van der Waals surface area (Å²) < 4.78 is 27.1. The van der Waals surface area contributed by atoms with Gasteiger partial charge in [0.05, 0.1) is 12.4 Å². The van der Waals surface area contributed by atoms with E-state index in [2.05, 4.69) is 0 Å². The molecule has 0 saturated heterocycles. The first-order valence-corrected chi connectivity index (χ1v) is 6.90. The Morgan fingerprint density at radius 2 is 1.80 bits per heavy atom. The van der Waals surface area contributed by atoms with Crippen LogP contribution < -0.4 is 4.74 Å². The first-order chi connectivity index (χ1) is 6.97. The fourth-order valence-corrected chi connectivity index (χ4v) is 1.79. The fraction of sp³-hybridized carbons (Fsp3) is 0.455. The van der Waals surface area contributed by atoms with E-state index in [1.165, 1.54) is 11.8 Å². The van der Waals surface area contributed by atoms with Crippen LogP contribution in [-0.4, -0.2) is 27.0 Å². The normalized spacial score (nSPS) is 11.3. The maximum absolute atomic E-state index is 10.8. The Morgan fingerprint density at radius 3 is 2.33 bits per heavy atom. The Hall–Kier alpha value is -1.03. The van der Waals surface area contributed by atoms with Crippen molar-refractivity contribution in [2.24, 2.45) is 0 Å². The summed E-state index contributed by atoms with van der Waals surface area (Å²) in [5.74, 6) is 0.966. The van der Waals surface area contributed by atoms with Crippen molar-refractivity contribution in [3.63, 3.8) is 0 Å². The van der Waals surface area contributed by atoms with Gasteiger partial charge in [-0.2, -0.15) is 0 Å². The minimum Gasteiger partial charge on any atom is -0.494 e. The van der Waals surface area contributed by atoms with Crippen LogP contribution >= 0.6 is 0 Å². The molecule has 0 atom stereocenters. The molecule has 84 valence electrons. The molecule has 1 aromatic carbocycles. The number of ether oxygens (including phenoxy) is 1. The Morgan fingerprint density at radius 1 is 1.20 bits per heavy atom. The van der Waals surface area contributed by atoms with Gasteiger partial charge in [0.15, 0.2) is 0 Å². The summed E-state index contributed by atoms with van der Waals surface area (Å²) in [6.07, 6.45) is 1.77. The highest BCUT2D eigenvalue weighted by Crippen LogP contribution is 2.11. The summed E-state index contributed by atoms with van der Waals surface area (Å²) in [6, 6.07) is 7.70. The molecule has 3 nitrogen and oxygen atoms in total. The van der Waals surface area contributed by atoms with Gasteiger partial charge >= 0.3 is 0 Å². The SMILES string of the molecule is Cc1ccc(OCCCS(C)(=O)=O)cc1. The maximum atomic E-state index is 10.8. The first kappa shape index (κ1) is 12.0. The van der Waals surface area contributed by atoms with Crippen molar-refractivity contribution in [2.75, 3.05) is 18.6 Å². The molecule has 0 unspecified atom stereocenters. The molecule has 0 aliphatic rings. The molecule has 0 bridgehead atoms. The third-order valence-corrected chi connectivity index (χ3v) is 2.98. The van der Waals surface area contributed by atoms with Crippen molar-refractivity contribution in [2.45, 2.75) is 13.3 Å². The van der Waals surface area contributed by atoms with Crippen molar-refractivity contribution in [3.8, 4) is 5.75 Å². The lowest BCUT2D eigenvalue weighted by Gasteiger charge is -2.05. The Labute approximate surface area is 91.0 Å².